The molecule has 1 saturated carbocycles. The second kappa shape index (κ2) is 6.08. The van der Waals surface area contributed by atoms with E-state index < -0.39 is 11.6 Å². The lowest BCUT2D eigenvalue weighted by molar-refractivity contribution is 0.0532. The summed E-state index contributed by atoms with van der Waals surface area (Å²) in [6, 6.07) is 3.58. The number of hydrogen-bond donors (Lipinski definition) is 1. The van der Waals surface area contributed by atoms with Crippen LogP contribution in [0, 0.1) is 17.0 Å². The fourth-order valence-electron chi connectivity index (χ4n) is 2.91. The number of halogens is 2. The number of nitrogens with one attached hydrogen (secondary N) is 1. The van der Waals surface area contributed by atoms with E-state index in [1.165, 1.54) is 12.1 Å². The van der Waals surface area contributed by atoms with E-state index in [1.54, 1.807) is 0 Å². The van der Waals surface area contributed by atoms with Gasteiger partial charge in [0.25, 0.3) is 0 Å². The summed E-state index contributed by atoms with van der Waals surface area (Å²) < 4.78 is 32.4. The van der Waals surface area contributed by atoms with Crippen LogP contribution in [0.25, 0.3) is 0 Å². The molecule has 112 valence electrons. The van der Waals surface area contributed by atoms with Crippen molar-refractivity contribution in [2.24, 2.45) is 5.41 Å². The molecule has 1 aliphatic rings. The van der Waals surface area contributed by atoms with Gasteiger partial charge >= 0.3 is 0 Å². The zero-order valence-corrected chi connectivity index (χ0v) is 12.4. The zero-order chi connectivity index (χ0) is 14.8. The Bertz CT molecular complexity index is 442. The lowest BCUT2D eigenvalue weighted by Crippen LogP contribution is -2.49. The first-order valence-corrected chi connectivity index (χ1v) is 7.26. The molecule has 0 bridgehead atoms. The number of rotatable bonds is 4. The van der Waals surface area contributed by atoms with E-state index in [-0.39, 0.29) is 23.3 Å². The Balaban J connectivity index is 2.13. The van der Waals surface area contributed by atoms with Gasteiger partial charge in [-0.2, -0.15) is 0 Å². The molecule has 0 spiro atoms. The maximum absolute atomic E-state index is 13.2. The minimum Gasteiger partial charge on any atom is -0.489 e. The van der Waals surface area contributed by atoms with Crippen molar-refractivity contribution in [1.29, 1.82) is 0 Å². The SMILES string of the molecule is CCNC1CCC(C)(C)CC1Oc1cc(F)cc(F)c1. The van der Waals surface area contributed by atoms with Crippen LogP contribution in [0.2, 0.25) is 0 Å². The normalized spacial score (nSPS) is 25.4. The first-order chi connectivity index (χ1) is 9.39. The molecule has 1 fully saturated rings. The largest absolute Gasteiger partial charge is 0.489 e. The van der Waals surface area contributed by atoms with Crippen molar-refractivity contribution in [2.75, 3.05) is 6.54 Å². The predicted molar refractivity (Wildman–Crippen MR) is 75.9 cm³/mol. The van der Waals surface area contributed by atoms with Crippen molar-refractivity contribution in [2.45, 2.75) is 52.2 Å². The van der Waals surface area contributed by atoms with E-state index in [2.05, 4.69) is 26.1 Å². The monoisotopic (exact) mass is 283 g/mol. The molecule has 4 heteroatoms. The molecule has 0 radical (unpaired) electrons. The molecule has 0 saturated heterocycles. The average molecular weight is 283 g/mol. The van der Waals surface area contributed by atoms with Gasteiger partial charge < -0.3 is 10.1 Å². The molecule has 1 aromatic rings. The molecule has 0 aliphatic heterocycles. The Morgan fingerprint density at radius 3 is 2.50 bits per heavy atom. The standard InChI is InChI=1S/C16H23F2NO/c1-4-19-14-5-6-16(2,3)10-15(14)20-13-8-11(17)7-12(18)9-13/h7-9,14-15,19H,4-6,10H2,1-3H3. The third-order valence-electron chi connectivity index (χ3n) is 3.92. The van der Waals surface area contributed by atoms with Crippen molar-refractivity contribution in [3.8, 4) is 5.75 Å². The number of benzene rings is 1. The summed E-state index contributed by atoms with van der Waals surface area (Å²) in [5.41, 5.74) is 0.197. The van der Waals surface area contributed by atoms with Gasteiger partial charge in [0.15, 0.2) is 0 Å². The molecule has 1 N–H and O–H groups in total. The number of hydrogen-bond acceptors (Lipinski definition) is 2. The molecule has 0 amide bonds. The summed E-state index contributed by atoms with van der Waals surface area (Å²) in [5.74, 6) is -0.932. The van der Waals surface area contributed by atoms with Crippen LogP contribution in [0.3, 0.4) is 0 Å². The van der Waals surface area contributed by atoms with Crippen LogP contribution in [0.4, 0.5) is 8.78 Å². The topological polar surface area (TPSA) is 21.3 Å². The Morgan fingerprint density at radius 2 is 1.90 bits per heavy atom. The number of ether oxygens (including phenoxy) is 1. The van der Waals surface area contributed by atoms with E-state index in [9.17, 15) is 8.78 Å². The van der Waals surface area contributed by atoms with Gasteiger partial charge in [-0.3, -0.25) is 0 Å². The van der Waals surface area contributed by atoms with Gasteiger partial charge in [0.2, 0.25) is 0 Å². The van der Waals surface area contributed by atoms with E-state index in [1.807, 2.05) is 0 Å². The third kappa shape index (κ3) is 3.92. The van der Waals surface area contributed by atoms with Crippen molar-refractivity contribution in [1.82, 2.24) is 5.32 Å². The van der Waals surface area contributed by atoms with Gasteiger partial charge in [0.1, 0.15) is 23.5 Å². The van der Waals surface area contributed by atoms with Crippen LogP contribution >= 0.6 is 0 Å². The summed E-state index contributed by atoms with van der Waals surface area (Å²) in [6.45, 7) is 7.33. The highest BCUT2D eigenvalue weighted by Gasteiger charge is 2.36. The Labute approximate surface area is 119 Å². The first-order valence-electron chi connectivity index (χ1n) is 7.26. The van der Waals surface area contributed by atoms with Crippen LogP contribution < -0.4 is 10.1 Å². The van der Waals surface area contributed by atoms with Gasteiger partial charge in [0.05, 0.1) is 0 Å². The molecule has 2 unspecified atom stereocenters. The van der Waals surface area contributed by atoms with Crippen molar-refractivity contribution in [3.63, 3.8) is 0 Å². The third-order valence-corrected chi connectivity index (χ3v) is 3.92. The van der Waals surface area contributed by atoms with Gasteiger partial charge in [-0.05, 0) is 31.2 Å². The molecular weight excluding hydrogens is 260 g/mol. The lowest BCUT2D eigenvalue weighted by Gasteiger charge is -2.40. The van der Waals surface area contributed by atoms with Crippen molar-refractivity contribution in [3.05, 3.63) is 29.8 Å². The van der Waals surface area contributed by atoms with Crippen molar-refractivity contribution >= 4 is 0 Å². The molecule has 2 nitrogen and oxygen atoms in total. The van der Waals surface area contributed by atoms with Gasteiger partial charge in [-0.1, -0.05) is 20.8 Å². The fourth-order valence-corrected chi connectivity index (χ4v) is 2.91. The maximum atomic E-state index is 13.2. The molecule has 1 aliphatic carbocycles. The Morgan fingerprint density at radius 1 is 1.25 bits per heavy atom. The summed E-state index contributed by atoms with van der Waals surface area (Å²) in [5, 5.41) is 3.41. The molecule has 2 rings (SSSR count). The highest BCUT2D eigenvalue weighted by atomic mass is 19.1. The zero-order valence-electron chi connectivity index (χ0n) is 12.4. The second-order valence-electron chi connectivity index (χ2n) is 6.33. The van der Waals surface area contributed by atoms with Gasteiger partial charge in [-0.25, -0.2) is 8.78 Å². The van der Waals surface area contributed by atoms with E-state index in [0.717, 1.165) is 31.9 Å². The second-order valence-corrected chi connectivity index (χ2v) is 6.33. The summed E-state index contributed by atoms with van der Waals surface area (Å²) in [7, 11) is 0. The predicted octanol–water partition coefficient (Wildman–Crippen LogP) is 3.90. The van der Waals surface area contributed by atoms with Crippen LogP contribution in [0.15, 0.2) is 18.2 Å². The van der Waals surface area contributed by atoms with Gasteiger partial charge in [-0.15, -0.1) is 0 Å². The fraction of sp³-hybridized carbons (Fsp3) is 0.625. The molecule has 0 aromatic heterocycles. The number of likely N-dealkylation sites (N-methyl/N-ethyl adjacent to an activating group) is 1. The molecule has 0 heterocycles. The van der Waals surface area contributed by atoms with Crippen molar-refractivity contribution < 1.29 is 13.5 Å². The summed E-state index contributed by atoms with van der Waals surface area (Å²) in [4.78, 5) is 0. The van der Waals surface area contributed by atoms with E-state index in [0.29, 0.717) is 0 Å². The van der Waals surface area contributed by atoms with Gasteiger partial charge in [0, 0.05) is 24.2 Å². The minimum atomic E-state index is -0.602. The molecule has 1 aromatic carbocycles. The minimum absolute atomic E-state index is 0.0556. The maximum Gasteiger partial charge on any atom is 0.129 e. The summed E-state index contributed by atoms with van der Waals surface area (Å²) >= 11 is 0. The summed E-state index contributed by atoms with van der Waals surface area (Å²) in [6.07, 6.45) is 2.97. The lowest BCUT2D eigenvalue weighted by atomic mass is 9.74. The average Bonchev–Trinajstić information content (AvgIpc) is 2.31. The highest BCUT2D eigenvalue weighted by molar-refractivity contribution is 5.24. The van der Waals surface area contributed by atoms with Crippen LogP contribution in [-0.4, -0.2) is 18.7 Å². The quantitative estimate of drug-likeness (QED) is 0.905. The smallest absolute Gasteiger partial charge is 0.129 e. The highest BCUT2D eigenvalue weighted by Crippen LogP contribution is 2.37. The molecule has 20 heavy (non-hydrogen) atoms. The Kier molecular flexibility index (Phi) is 4.63. The molecular formula is C16H23F2NO. The van der Waals surface area contributed by atoms with Crippen LogP contribution in [0.5, 0.6) is 5.75 Å². The van der Waals surface area contributed by atoms with Crippen LogP contribution in [-0.2, 0) is 0 Å². The molecule has 2 atom stereocenters. The van der Waals surface area contributed by atoms with E-state index in [4.69, 9.17) is 4.74 Å². The van der Waals surface area contributed by atoms with Crippen LogP contribution in [0.1, 0.15) is 40.0 Å². The Hall–Kier alpha value is -1.16. The van der Waals surface area contributed by atoms with E-state index >= 15 is 0 Å². The first kappa shape index (κ1) is 15.2.